The summed E-state index contributed by atoms with van der Waals surface area (Å²) < 4.78 is 27.2. The molecule has 0 spiro atoms. The van der Waals surface area contributed by atoms with E-state index in [4.69, 9.17) is 0 Å². The van der Waals surface area contributed by atoms with Crippen molar-refractivity contribution in [3.8, 4) is 10.6 Å². The zero-order chi connectivity index (χ0) is 16.0. The second kappa shape index (κ2) is 5.24. The van der Waals surface area contributed by atoms with E-state index >= 15 is 0 Å². The number of aromatic amines is 1. The van der Waals surface area contributed by atoms with Gasteiger partial charge in [-0.15, -0.1) is 0 Å². The molecule has 3 nitrogen and oxygen atoms in total. The molecule has 0 aliphatic heterocycles. The van der Waals surface area contributed by atoms with Gasteiger partial charge in [0, 0.05) is 17.2 Å². The summed E-state index contributed by atoms with van der Waals surface area (Å²) in [4.78, 5) is 11.0. The van der Waals surface area contributed by atoms with E-state index in [2.05, 4.69) is 10.2 Å². The van der Waals surface area contributed by atoms with Crippen LogP contribution in [0, 0.1) is 11.6 Å². The van der Waals surface area contributed by atoms with E-state index in [1.54, 1.807) is 0 Å². The molecule has 0 bridgehead atoms. The molecule has 6 heteroatoms. The van der Waals surface area contributed by atoms with Gasteiger partial charge in [0.2, 0.25) is 0 Å². The Morgan fingerprint density at radius 2 is 1.96 bits per heavy atom. The summed E-state index contributed by atoms with van der Waals surface area (Å²) in [5.74, 6) is -1.18. The fourth-order valence-corrected chi connectivity index (χ4v) is 3.38. The fraction of sp³-hybridized carbons (Fsp3) is 0.0588. The Balaban J connectivity index is 1.82. The lowest BCUT2D eigenvalue weighted by atomic mass is 9.97. The number of benzene rings is 2. The van der Waals surface area contributed by atoms with Crippen molar-refractivity contribution in [2.45, 2.75) is 6.42 Å². The standard InChI is InChI=1S/C17H10F2N2OS/c18-11-4-6-13(15(19)8-11)12-5-3-9-1-2-10(7-14(9)12)16-20-21-17(22)23-16/h1-2,4-8H,3H2,(H,21,22). The molecule has 1 N–H and O–H groups in total. The van der Waals surface area contributed by atoms with Gasteiger partial charge in [0.25, 0.3) is 0 Å². The van der Waals surface area contributed by atoms with Crippen molar-refractivity contribution in [1.29, 1.82) is 0 Å². The average Bonchev–Trinajstić information content (AvgIpc) is 3.13. The molecule has 114 valence electrons. The predicted molar refractivity (Wildman–Crippen MR) is 85.3 cm³/mol. The fourth-order valence-electron chi connectivity index (χ4n) is 2.78. The Kier molecular flexibility index (Phi) is 3.20. The predicted octanol–water partition coefficient (Wildman–Crippen LogP) is 3.76. The van der Waals surface area contributed by atoms with Crippen LogP contribution in [0.2, 0.25) is 0 Å². The third-order valence-electron chi connectivity index (χ3n) is 3.83. The summed E-state index contributed by atoms with van der Waals surface area (Å²) in [6.45, 7) is 0. The van der Waals surface area contributed by atoms with Crippen LogP contribution in [0.15, 0.2) is 47.3 Å². The van der Waals surface area contributed by atoms with Gasteiger partial charge in [0.15, 0.2) is 0 Å². The third-order valence-corrected chi connectivity index (χ3v) is 4.63. The summed E-state index contributed by atoms with van der Waals surface area (Å²) in [7, 11) is 0. The van der Waals surface area contributed by atoms with E-state index in [0.717, 1.165) is 39.7 Å². The van der Waals surface area contributed by atoms with Crippen molar-refractivity contribution in [2.24, 2.45) is 0 Å². The number of nitrogens with zero attached hydrogens (tertiary/aromatic N) is 1. The number of nitrogens with one attached hydrogen (secondary N) is 1. The first-order chi connectivity index (χ1) is 11.1. The van der Waals surface area contributed by atoms with Crippen LogP contribution < -0.4 is 4.87 Å². The SMILES string of the molecule is O=c1[nH]nc(-c2ccc3c(c2)C(c2ccc(F)cc2F)=CC3)s1. The molecule has 4 rings (SSSR count). The van der Waals surface area contributed by atoms with Gasteiger partial charge in [-0.1, -0.05) is 29.5 Å². The van der Waals surface area contributed by atoms with Crippen molar-refractivity contribution in [2.75, 3.05) is 0 Å². The largest absolute Gasteiger partial charge is 0.322 e. The number of halogens is 2. The van der Waals surface area contributed by atoms with Crippen LogP contribution in [0.4, 0.5) is 8.78 Å². The van der Waals surface area contributed by atoms with E-state index in [1.807, 2.05) is 24.3 Å². The molecular weight excluding hydrogens is 318 g/mol. The van der Waals surface area contributed by atoms with Gasteiger partial charge in [-0.25, -0.2) is 13.9 Å². The first-order valence-electron chi connectivity index (χ1n) is 6.96. The molecule has 1 aromatic heterocycles. The molecular formula is C17H10F2N2OS. The maximum absolute atomic E-state index is 14.1. The minimum absolute atomic E-state index is 0.221. The highest BCUT2D eigenvalue weighted by atomic mass is 32.1. The van der Waals surface area contributed by atoms with Gasteiger partial charge in [-0.2, -0.15) is 5.10 Å². The molecule has 0 unspecified atom stereocenters. The second-order valence-corrected chi connectivity index (χ2v) is 6.20. The van der Waals surface area contributed by atoms with E-state index in [-0.39, 0.29) is 4.87 Å². The molecule has 0 saturated carbocycles. The number of hydrogen-bond acceptors (Lipinski definition) is 3. The lowest BCUT2D eigenvalue weighted by Crippen LogP contribution is -1.93. The lowest BCUT2D eigenvalue weighted by molar-refractivity contribution is 0.581. The molecule has 0 saturated heterocycles. The lowest BCUT2D eigenvalue weighted by Gasteiger charge is -2.09. The number of H-pyrrole nitrogens is 1. The van der Waals surface area contributed by atoms with Crippen LogP contribution in [-0.2, 0) is 6.42 Å². The quantitative estimate of drug-likeness (QED) is 0.778. The summed E-state index contributed by atoms with van der Waals surface area (Å²) in [6.07, 6.45) is 2.62. The molecule has 0 atom stereocenters. The highest BCUT2D eigenvalue weighted by Crippen LogP contribution is 2.36. The molecule has 1 aliphatic carbocycles. The Morgan fingerprint density at radius 3 is 2.70 bits per heavy atom. The highest BCUT2D eigenvalue weighted by Gasteiger charge is 2.20. The van der Waals surface area contributed by atoms with Crippen molar-refractivity contribution < 1.29 is 8.78 Å². The molecule has 0 radical (unpaired) electrons. The van der Waals surface area contributed by atoms with Gasteiger partial charge in [0.05, 0.1) is 0 Å². The average molecular weight is 328 g/mol. The topological polar surface area (TPSA) is 45.8 Å². The molecule has 0 fully saturated rings. The van der Waals surface area contributed by atoms with Crippen molar-refractivity contribution >= 4 is 16.9 Å². The van der Waals surface area contributed by atoms with E-state index < -0.39 is 11.6 Å². The van der Waals surface area contributed by atoms with Crippen LogP contribution in [-0.4, -0.2) is 10.2 Å². The van der Waals surface area contributed by atoms with Gasteiger partial charge < -0.3 is 0 Å². The van der Waals surface area contributed by atoms with Crippen molar-refractivity contribution in [3.05, 3.63) is 80.5 Å². The van der Waals surface area contributed by atoms with Gasteiger partial charge >= 0.3 is 4.87 Å². The Hall–Kier alpha value is -2.60. The van der Waals surface area contributed by atoms with Crippen molar-refractivity contribution in [1.82, 2.24) is 10.2 Å². The Bertz CT molecular complexity index is 1000. The van der Waals surface area contributed by atoms with Crippen LogP contribution in [0.3, 0.4) is 0 Å². The summed E-state index contributed by atoms with van der Waals surface area (Å²) >= 11 is 1.02. The molecule has 1 heterocycles. The van der Waals surface area contributed by atoms with Crippen molar-refractivity contribution in [3.63, 3.8) is 0 Å². The molecule has 0 amide bonds. The highest BCUT2D eigenvalue weighted by molar-refractivity contribution is 7.12. The number of hydrogen-bond donors (Lipinski definition) is 1. The van der Waals surface area contributed by atoms with Crippen LogP contribution in [0.25, 0.3) is 16.1 Å². The Labute approximate surface area is 133 Å². The molecule has 2 aromatic carbocycles. The summed E-state index contributed by atoms with van der Waals surface area (Å²) in [5.41, 5.74) is 3.85. The summed E-state index contributed by atoms with van der Waals surface area (Å²) in [5, 5.41) is 6.95. The van der Waals surface area contributed by atoms with Gasteiger partial charge in [-0.05, 0) is 41.3 Å². The first kappa shape index (κ1) is 14.0. The monoisotopic (exact) mass is 328 g/mol. The van der Waals surface area contributed by atoms with Gasteiger partial charge in [0.1, 0.15) is 16.6 Å². The zero-order valence-electron chi connectivity index (χ0n) is 11.8. The normalized spacial score (nSPS) is 13.0. The van der Waals surface area contributed by atoms with E-state index in [1.165, 1.54) is 12.1 Å². The van der Waals surface area contributed by atoms with Crippen LogP contribution in [0.5, 0.6) is 0 Å². The number of allylic oxidation sites excluding steroid dienone is 1. The number of fused-ring (bicyclic) bond motifs is 1. The van der Waals surface area contributed by atoms with Crippen LogP contribution in [0.1, 0.15) is 16.7 Å². The maximum atomic E-state index is 14.1. The van der Waals surface area contributed by atoms with E-state index in [0.29, 0.717) is 17.0 Å². The second-order valence-electron chi connectivity index (χ2n) is 5.24. The molecule has 1 aliphatic rings. The number of rotatable bonds is 2. The first-order valence-corrected chi connectivity index (χ1v) is 7.78. The van der Waals surface area contributed by atoms with Gasteiger partial charge in [-0.3, -0.25) is 4.79 Å². The Morgan fingerprint density at radius 1 is 1.09 bits per heavy atom. The zero-order valence-corrected chi connectivity index (χ0v) is 12.6. The smallest absolute Gasteiger partial charge is 0.255 e. The third kappa shape index (κ3) is 2.41. The minimum Gasteiger partial charge on any atom is -0.255 e. The molecule has 23 heavy (non-hydrogen) atoms. The summed E-state index contributed by atoms with van der Waals surface area (Å²) in [6, 6.07) is 9.32. The van der Waals surface area contributed by atoms with E-state index in [9.17, 15) is 13.6 Å². The van der Waals surface area contributed by atoms with Crippen LogP contribution >= 0.6 is 11.3 Å². The molecule has 3 aromatic rings. The number of aromatic nitrogens is 2. The minimum atomic E-state index is -0.597. The maximum Gasteiger partial charge on any atom is 0.322 e.